The first-order valence-electron chi connectivity index (χ1n) is 6.80. The van der Waals surface area contributed by atoms with Gasteiger partial charge < -0.3 is 9.84 Å². The van der Waals surface area contributed by atoms with Gasteiger partial charge >= 0.3 is 5.97 Å². The molecule has 19 heavy (non-hydrogen) atoms. The van der Waals surface area contributed by atoms with Crippen molar-refractivity contribution in [3.63, 3.8) is 0 Å². The number of aryl methyl sites for hydroxylation is 2. The lowest BCUT2D eigenvalue weighted by atomic mass is 9.86. The first-order chi connectivity index (χ1) is 8.88. The number of aliphatic hydroxyl groups is 1. The fourth-order valence-electron chi connectivity index (χ4n) is 2.16. The molecule has 0 aliphatic carbocycles. The Morgan fingerprint density at radius 3 is 2.37 bits per heavy atom. The van der Waals surface area contributed by atoms with Crippen molar-refractivity contribution in [3.05, 3.63) is 34.9 Å². The van der Waals surface area contributed by atoms with E-state index >= 15 is 0 Å². The van der Waals surface area contributed by atoms with Crippen molar-refractivity contribution in [2.24, 2.45) is 11.8 Å². The third kappa shape index (κ3) is 3.80. The molecule has 0 spiro atoms. The van der Waals surface area contributed by atoms with Crippen LogP contribution in [-0.2, 0) is 9.53 Å². The molecule has 2 atom stereocenters. The largest absolute Gasteiger partial charge is 0.466 e. The molecule has 0 aliphatic heterocycles. The first kappa shape index (κ1) is 15.7. The Morgan fingerprint density at radius 1 is 1.26 bits per heavy atom. The van der Waals surface area contributed by atoms with Gasteiger partial charge in [-0.25, -0.2) is 0 Å². The Balaban J connectivity index is 3.01. The molecule has 0 saturated carbocycles. The highest BCUT2D eigenvalue weighted by atomic mass is 16.5. The van der Waals surface area contributed by atoms with Gasteiger partial charge in [0.1, 0.15) is 0 Å². The topological polar surface area (TPSA) is 46.5 Å². The van der Waals surface area contributed by atoms with Crippen molar-refractivity contribution in [2.45, 2.75) is 40.7 Å². The molecule has 1 N–H and O–H groups in total. The van der Waals surface area contributed by atoms with Crippen molar-refractivity contribution in [1.82, 2.24) is 0 Å². The normalized spacial score (nSPS) is 14.3. The van der Waals surface area contributed by atoms with Gasteiger partial charge in [-0.3, -0.25) is 4.79 Å². The second-order valence-corrected chi connectivity index (χ2v) is 5.31. The Kier molecular flexibility index (Phi) is 5.55. The summed E-state index contributed by atoms with van der Waals surface area (Å²) in [6.07, 6.45) is -0.821. The van der Waals surface area contributed by atoms with Gasteiger partial charge in [0.15, 0.2) is 0 Å². The number of carbonyl (C=O) groups is 1. The van der Waals surface area contributed by atoms with Crippen LogP contribution in [0.3, 0.4) is 0 Å². The van der Waals surface area contributed by atoms with Gasteiger partial charge in [0, 0.05) is 0 Å². The van der Waals surface area contributed by atoms with Crippen LogP contribution in [0.2, 0.25) is 0 Å². The maximum atomic E-state index is 12.0. The molecular formula is C16H24O3. The van der Waals surface area contributed by atoms with E-state index in [2.05, 4.69) is 0 Å². The van der Waals surface area contributed by atoms with Crippen molar-refractivity contribution >= 4 is 5.97 Å². The lowest BCUT2D eigenvalue weighted by Crippen LogP contribution is -2.29. The maximum absolute atomic E-state index is 12.0. The number of aliphatic hydroxyl groups excluding tert-OH is 1. The van der Waals surface area contributed by atoms with Crippen molar-refractivity contribution in [1.29, 1.82) is 0 Å². The van der Waals surface area contributed by atoms with Crippen molar-refractivity contribution < 1.29 is 14.6 Å². The number of ether oxygens (including phenoxy) is 1. The number of esters is 1. The highest BCUT2D eigenvalue weighted by molar-refractivity contribution is 5.73. The van der Waals surface area contributed by atoms with Crippen LogP contribution in [0.25, 0.3) is 0 Å². The monoisotopic (exact) mass is 264 g/mol. The molecule has 0 aliphatic rings. The van der Waals surface area contributed by atoms with E-state index in [0.29, 0.717) is 6.61 Å². The molecular weight excluding hydrogens is 240 g/mol. The van der Waals surface area contributed by atoms with Gasteiger partial charge in [0.25, 0.3) is 0 Å². The highest BCUT2D eigenvalue weighted by Gasteiger charge is 2.32. The molecule has 0 heterocycles. The van der Waals surface area contributed by atoms with Crippen LogP contribution in [-0.4, -0.2) is 17.7 Å². The van der Waals surface area contributed by atoms with Crippen LogP contribution in [0.4, 0.5) is 0 Å². The minimum atomic E-state index is -0.821. The van der Waals surface area contributed by atoms with E-state index in [4.69, 9.17) is 4.74 Å². The van der Waals surface area contributed by atoms with Crippen LogP contribution in [0, 0.1) is 25.7 Å². The smallest absolute Gasteiger partial charge is 0.312 e. The lowest BCUT2D eigenvalue weighted by molar-refractivity contribution is -0.154. The van der Waals surface area contributed by atoms with Gasteiger partial charge in [0.05, 0.1) is 18.6 Å². The molecule has 3 heteroatoms. The average molecular weight is 264 g/mol. The summed E-state index contributed by atoms with van der Waals surface area (Å²) in [7, 11) is 0. The number of benzene rings is 1. The van der Waals surface area contributed by atoms with Crippen LogP contribution in [0.5, 0.6) is 0 Å². The predicted molar refractivity (Wildman–Crippen MR) is 75.8 cm³/mol. The zero-order valence-corrected chi connectivity index (χ0v) is 12.4. The van der Waals surface area contributed by atoms with E-state index in [1.54, 1.807) is 6.92 Å². The molecule has 0 amide bonds. The molecule has 1 aromatic rings. The summed E-state index contributed by atoms with van der Waals surface area (Å²) in [6, 6.07) is 5.78. The van der Waals surface area contributed by atoms with E-state index in [9.17, 15) is 9.90 Å². The summed E-state index contributed by atoms with van der Waals surface area (Å²) in [5.41, 5.74) is 3.06. The molecule has 0 bridgehead atoms. The maximum Gasteiger partial charge on any atom is 0.312 e. The zero-order chi connectivity index (χ0) is 14.6. The Morgan fingerprint density at radius 2 is 1.89 bits per heavy atom. The van der Waals surface area contributed by atoms with Crippen LogP contribution in [0.15, 0.2) is 18.2 Å². The van der Waals surface area contributed by atoms with Gasteiger partial charge in [-0.2, -0.15) is 0 Å². The summed E-state index contributed by atoms with van der Waals surface area (Å²) in [6.45, 7) is 9.98. The Labute approximate surface area is 115 Å². The Hall–Kier alpha value is -1.35. The number of carbonyl (C=O) groups excluding carboxylic acids is 1. The molecule has 2 unspecified atom stereocenters. The summed E-state index contributed by atoms with van der Waals surface area (Å²) in [5, 5.41) is 10.5. The zero-order valence-electron chi connectivity index (χ0n) is 12.4. The van der Waals surface area contributed by atoms with Gasteiger partial charge in [-0.05, 0) is 43.4 Å². The first-order valence-corrected chi connectivity index (χ1v) is 6.80. The molecule has 1 rings (SSSR count). The molecule has 0 fully saturated rings. The van der Waals surface area contributed by atoms with E-state index in [-0.39, 0.29) is 11.9 Å². The van der Waals surface area contributed by atoms with E-state index in [1.807, 2.05) is 45.9 Å². The highest BCUT2D eigenvalue weighted by Crippen LogP contribution is 2.30. The summed E-state index contributed by atoms with van der Waals surface area (Å²) in [5.74, 6) is -0.832. The lowest BCUT2D eigenvalue weighted by Gasteiger charge is -2.25. The second-order valence-electron chi connectivity index (χ2n) is 5.31. The fraction of sp³-hybridized carbons (Fsp3) is 0.562. The molecule has 0 radical (unpaired) electrons. The van der Waals surface area contributed by atoms with E-state index in [1.165, 1.54) is 5.56 Å². The van der Waals surface area contributed by atoms with E-state index in [0.717, 1.165) is 11.1 Å². The van der Waals surface area contributed by atoms with Crippen molar-refractivity contribution in [2.75, 3.05) is 6.61 Å². The van der Waals surface area contributed by atoms with E-state index < -0.39 is 12.0 Å². The molecule has 0 saturated heterocycles. The van der Waals surface area contributed by atoms with Crippen LogP contribution in [0.1, 0.15) is 43.6 Å². The van der Waals surface area contributed by atoms with Gasteiger partial charge in [-0.1, -0.05) is 32.0 Å². The predicted octanol–water partition coefficient (Wildman–Crippen LogP) is 3.17. The SMILES string of the molecule is CCOC(=O)C(C(C)C)C(O)c1ccc(C)c(C)c1. The molecule has 1 aromatic carbocycles. The summed E-state index contributed by atoms with van der Waals surface area (Å²) >= 11 is 0. The fourth-order valence-corrected chi connectivity index (χ4v) is 2.16. The van der Waals surface area contributed by atoms with Crippen LogP contribution >= 0.6 is 0 Å². The molecule has 106 valence electrons. The van der Waals surface area contributed by atoms with Gasteiger partial charge in [-0.15, -0.1) is 0 Å². The number of hydrogen-bond donors (Lipinski definition) is 1. The summed E-state index contributed by atoms with van der Waals surface area (Å²) < 4.78 is 5.06. The quantitative estimate of drug-likeness (QED) is 0.831. The molecule has 3 nitrogen and oxygen atoms in total. The van der Waals surface area contributed by atoms with Gasteiger partial charge in [0.2, 0.25) is 0 Å². The minimum Gasteiger partial charge on any atom is -0.466 e. The number of hydrogen-bond acceptors (Lipinski definition) is 3. The average Bonchev–Trinajstić information content (AvgIpc) is 2.32. The third-order valence-electron chi connectivity index (χ3n) is 3.49. The standard InChI is InChI=1S/C16H24O3/c1-6-19-16(18)14(10(2)3)15(17)13-8-7-11(4)12(5)9-13/h7-10,14-15,17H,6H2,1-5H3. The minimum absolute atomic E-state index is 0.0238. The van der Waals surface area contributed by atoms with Crippen LogP contribution < -0.4 is 0 Å². The van der Waals surface area contributed by atoms with Crippen molar-refractivity contribution in [3.8, 4) is 0 Å². The summed E-state index contributed by atoms with van der Waals surface area (Å²) in [4.78, 5) is 12.0. The third-order valence-corrected chi connectivity index (χ3v) is 3.49. The Bertz CT molecular complexity index is 438. The second kappa shape index (κ2) is 6.71. The number of rotatable bonds is 5. The molecule has 0 aromatic heterocycles.